The summed E-state index contributed by atoms with van der Waals surface area (Å²) in [5, 5.41) is 11.0. The first-order valence-electron chi connectivity index (χ1n) is 6.81. The number of benzene rings is 1. The van der Waals surface area contributed by atoms with E-state index in [-0.39, 0.29) is 5.69 Å². The number of rotatable bonds is 5. The molecule has 2 rings (SSSR count). The van der Waals surface area contributed by atoms with Crippen LogP contribution in [0.1, 0.15) is 37.7 Å². The van der Waals surface area contributed by atoms with Gasteiger partial charge in [-0.1, -0.05) is 25.3 Å². The Bertz CT molecular complexity index is 442. The monoisotopic (exact) mass is 264 g/mol. The normalized spacial score (nSPS) is 16.3. The van der Waals surface area contributed by atoms with Crippen molar-refractivity contribution in [1.29, 1.82) is 0 Å². The van der Waals surface area contributed by atoms with E-state index < -0.39 is 4.92 Å². The lowest BCUT2D eigenvalue weighted by atomic mass is 9.90. The molecule has 1 saturated carbocycles. The Morgan fingerprint density at radius 1 is 1.32 bits per heavy atom. The Morgan fingerprint density at radius 2 is 2.05 bits per heavy atom. The minimum atomic E-state index is -0.407. The average Bonchev–Trinajstić information content (AvgIpc) is 2.46. The van der Waals surface area contributed by atoms with E-state index in [1.807, 2.05) is 0 Å². The number of nitrogens with zero attached hydrogens (tertiary/aromatic N) is 1. The molecule has 1 aromatic carbocycles. The van der Waals surface area contributed by atoms with Crippen LogP contribution in [0.4, 0.5) is 5.69 Å². The van der Waals surface area contributed by atoms with Crippen molar-refractivity contribution in [3.05, 3.63) is 33.9 Å². The minimum Gasteiger partial charge on any atom is -0.487 e. The topological polar surface area (TPSA) is 78.4 Å². The van der Waals surface area contributed by atoms with E-state index in [9.17, 15) is 10.1 Å². The van der Waals surface area contributed by atoms with Crippen LogP contribution in [0.3, 0.4) is 0 Å². The third kappa shape index (κ3) is 3.67. The molecule has 104 valence electrons. The Morgan fingerprint density at radius 3 is 2.68 bits per heavy atom. The second-order valence-corrected chi connectivity index (χ2v) is 5.08. The van der Waals surface area contributed by atoms with Crippen LogP contribution in [0.2, 0.25) is 0 Å². The van der Waals surface area contributed by atoms with Gasteiger partial charge in [0, 0.05) is 12.6 Å². The van der Waals surface area contributed by atoms with E-state index in [0.29, 0.717) is 24.8 Å². The van der Waals surface area contributed by atoms with Gasteiger partial charge in [-0.25, -0.2) is 0 Å². The van der Waals surface area contributed by atoms with Gasteiger partial charge in [0.25, 0.3) is 0 Å². The fourth-order valence-electron chi connectivity index (χ4n) is 2.52. The first-order valence-corrected chi connectivity index (χ1v) is 6.81. The van der Waals surface area contributed by atoms with E-state index in [1.54, 1.807) is 12.1 Å². The van der Waals surface area contributed by atoms with Crippen LogP contribution in [0.5, 0.6) is 5.75 Å². The first-order chi connectivity index (χ1) is 9.20. The molecule has 0 aliphatic heterocycles. The van der Waals surface area contributed by atoms with Gasteiger partial charge in [0.1, 0.15) is 0 Å². The van der Waals surface area contributed by atoms with Gasteiger partial charge in [-0.05, 0) is 30.4 Å². The van der Waals surface area contributed by atoms with Gasteiger partial charge < -0.3 is 10.5 Å². The molecule has 1 aromatic rings. The summed E-state index contributed by atoms with van der Waals surface area (Å²) >= 11 is 0. The lowest BCUT2D eigenvalue weighted by Gasteiger charge is -2.21. The fourth-order valence-corrected chi connectivity index (χ4v) is 2.52. The highest BCUT2D eigenvalue weighted by molar-refractivity contribution is 5.48. The smallest absolute Gasteiger partial charge is 0.311 e. The van der Waals surface area contributed by atoms with Crippen molar-refractivity contribution in [1.82, 2.24) is 0 Å². The summed E-state index contributed by atoms with van der Waals surface area (Å²) in [6, 6.07) is 4.93. The molecule has 0 unspecified atom stereocenters. The Balaban J connectivity index is 2.04. The molecule has 2 N–H and O–H groups in total. The zero-order valence-electron chi connectivity index (χ0n) is 11.0. The molecular weight excluding hydrogens is 244 g/mol. The molecule has 0 atom stereocenters. The summed E-state index contributed by atoms with van der Waals surface area (Å²) in [7, 11) is 0. The maximum Gasteiger partial charge on any atom is 0.311 e. The van der Waals surface area contributed by atoms with E-state index in [1.165, 1.54) is 25.3 Å². The number of hydrogen-bond donors (Lipinski definition) is 1. The van der Waals surface area contributed by atoms with Crippen LogP contribution in [-0.2, 0) is 6.54 Å². The van der Waals surface area contributed by atoms with Crippen molar-refractivity contribution in [2.45, 2.75) is 38.6 Å². The molecule has 0 amide bonds. The summed E-state index contributed by atoms with van der Waals surface area (Å²) in [5.41, 5.74) is 6.26. The predicted octanol–water partition coefficient (Wildman–Crippen LogP) is 3.01. The maximum atomic E-state index is 11.0. The SMILES string of the molecule is NCc1ccc(OCC2CCCCC2)c([N+](=O)[O-])c1. The second-order valence-electron chi connectivity index (χ2n) is 5.08. The lowest BCUT2D eigenvalue weighted by molar-refractivity contribution is -0.386. The van der Waals surface area contributed by atoms with E-state index in [0.717, 1.165) is 18.4 Å². The van der Waals surface area contributed by atoms with E-state index in [4.69, 9.17) is 10.5 Å². The zero-order chi connectivity index (χ0) is 13.7. The van der Waals surface area contributed by atoms with Crippen LogP contribution < -0.4 is 10.5 Å². The highest BCUT2D eigenvalue weighted by Gasteiger charge is 2.19. The number of ether oxygens (including phenoxy) is 1. The van der Waals surface area contributed by atoms with Crippen LogP contribution in [0.15, 0.2) is 18.2 Å². The zero-order valence-corrected chi connectivity index (χ0v) is 11.0. The number of nitro benzene ring substituents is 1. The number of hydrogen-bond acceptors (Lipinski definition) is 4. The summed E-state index contributed by atoms with van der Waals surface area (Å²) in [4.78, 5) is 10.6. The van der Waals surface area contributed by atoms with Gasteiger partial charge in [0.2, 0.25) is 0 Å². The molecule has 0 bridgehead atoms. The van der Waals surface area contributed by atoms with Crippen molar-refractivity contribution in [3.63, 3.8) is 0 Å². The molecule has 0 spiro atoms. The standard InChI is InChI=1S/C14H20N2O3/c15-9-12-6-7-14(13(8-12)16(17)18)19-10-11-4-2-1-3-5-11/h6-8,11H,1-5,9-10,15H2. The molecular formula is C14H20N2O3. The summed E-state index contributed by atoms with van der Waals surface area (Å²) < 4.78 is 5.65. The number of nitro groups is 1. The van der Waals surface area contributed by atoms with Crippen molar-refractivity contribution in [3.8, 4) is 5.75 Å². The van der Waals surface area contributed by atoms with E-state index in [2.05, 4.69) is 0 Å². The van der Waals surface area contributed by atoms with Crippen LogP contribution in [0, 0.1) is 16.0 Å². The highest BCUT2D eigenvalue weighted by atomic mass is 16.6. The minimum absolute atomic E-state index is 0.0127. The summed E-state index contributed by atoms with van der Waals surface area (Å²) in [5.74, 6) is 0.885. The van der Waals surface area contributed by atoms with Crippen molar-refractivity contribution >= 4 is 5.69 Å². The fraction of sp³-hybridized carbons (Fsp3) is 0.571. The quantitative estimate of drug-likeness (QED) is 0.655. The molecule has 1 fully saturated rings. The van der Waals surface area contributed by atoms with Gasteiger partial charge in [-0.2, -0.15) is 0 Å². The molecule has 5 heteroatoms. The van der Waals surface area contributed by atoms with Gasteiger partial charge in [0.15, 0.2) is 5.75 Å². The highest BCUT2D eigenvalue weighted by Crippen LogP contribution is 2.30. The van der Waals surface area contributed by atoms with Crippen molar-refractivity contribution in [2.24, 2.45) is 11.7 Å². The first kappa shape index (κ1) is 13.8. The number of nitrogens with two attached hydrogens (primary N) is 1. The van der Waals surface area contributed by atoms with Crippen LogP contribution >= 0.6 is 0 Å². The largest absolute Gasteiger partial charge is 0.487 e. The Labute approximate surface area is 112 Å². The molecule has 1 aliphatic carbocycles. The van der Waals surface area contributed by atoms with E-state index >= 15 is 0 Å². The molecule has 0 heterocycles. The lowest BCUT2D eigenvalue weighted by Crippen LogP contribution is -2.15. The third-order valence-corrected chi connectivity index (χ3v) is 3.66. The van der Waals surface area contributed by atoms with Gasteiger partial charge in [-0.3, -0.25) is 10.1 Å². The van der Waals surface area contributed by atoms with Crippen LogP contribution in [-0.4, -0.2) is 11.5 Å². The van der Waals surface area contributed by atoms with Gasteiger partial charge in [0.05, 0.1) is 11.5 Å². The van der Waals surface area contributed by atoms with Crippen molar-refractivity contribution < 1.29 is 9.66 Å². The average molecular weight is 264 g/mol. The summed E-state index contributed by atoms with van der Waals surface area (Å²) in [6.07, 6.45) is 6.09. The molecule has 19 heavy (non-hydrogen) atoms. The molecule has 0 radical (unpaired) electrons. The molecule has 0 aromatic heterocycles. The van der Waals surface area contributed by atoms with Crippen molar-refractivity contribution in [2.75, 3.05) is 6.61 Å². The Hall–Kier alpha value is -1.62. The van der Waals surface area contributed by atoms with Crippen LogP contribution in [0.25, 0.3) is 0 Å². The Kier molecular flexibility index (Phi) is 4.74. The van der Waals surface area contributed by atoms with Gasteiger partial charge >= 0.3 is 5.69 Å². The summed E-state index contributed by atoms with van der Waals surface area (Å²) in [6.45, 7) is 0.868. The maximum absolute atomic E-state index is 11.0. The van der Waals surface area contributed by atoms with Gasteiger partial charge in [-0.15, -0.1) is 0 Å². The second kappa shape index (κ2) is 6.52. The predicted molar refractivity (Wildman–Crippen MR) is 73.1 cm³/mol. The third-order valence-electron chi connectivity index (χ3n) is 3.66. The molecule has 5 nitrogen and oxygen atoms in total. The molecule has 1 aliphatic rings. The molecule has 0 saturated heterocycles.